The highest BCUT2D eigenvalue weighted by atomic mass is 32.1. The van der Waals surface area contributed by atoms with Crippen LogP contribution in [0.25, 0.3) is 10.2 Å². The Hall–Kier alpha value is -1.73. The lowest BCUT2D eigenvalue weighted by atomic mass is 10.2. The van der Waals surface area contributed by atoms with E-state index in [1.54, 1.807) is 6.92 Å². The fourth-order valence-electron chi connectivity index (χ4n) is 1.88. The summed E-state index contributed by atoms with van der Waals surface area (Å²) in [6, 6.07) is 0. The van der Waals surface area contributed by atoms with E-state index in [1.807, 2.05) is 7.05 Å². The van der Waals surface area contributed by atoms with E-state index in [4.69, 9.17) is 5.11 Å². The molecule has 19 heavy (non-hydrogen) atoms. The summed E-state index contributed by atoms with van der Waals surface area (Å²) in [5.41, 5.74) is 0.726. The average Bonchev–Trinajstić information content (AvgIpc) is 2.73. The number of hydrogen-bond donors (Lipinski definition) is 3. The van der Waals surface area contributed by atoms with Gasteiger partial charge in [0.1, 0.15) is 21.9 Å². The molecule has 0 atom stereocenters. The molecular weight excluding hydrogens is 264 g/mol. The number of anilines is 1. The minimum absolute atomic E-state index is 0.328. The molecule has 0 fully saturated rings. The van der Waals surface area contributed by atoms with Gasteiger partial charge in [0.05, 0.1) is 5.39 Å². The summed E-state index contributed by atoms with van der Waals surface area (Å²) in [6.07, 6.45) is 2.43. The second-order valence-electron chi connectivity index (χ2n) is 4.15. The van der Waals surface area contributed by atoms with Crippen LogP contribution in [0.15, 0.2) is 6.33 Å². The highest BCUT2D eigenvalue weighted by molar-refractivity contribution is 7.20. The number of hydrogen-bond acceptors (Lipinski definition) is 6. The third-order valence-electron chi connectivity index (χ3n) is 2.82. The SMILES string of the molecule is CNCCCNc1ncnc2sc(C(=O)O)c(C)c12. The minimum atomic E-state index is -0.915. The minimum Gasteiger partial charge on any atom is -0.477 e. The van der Waals surface area contributed by atoms with Crippen molar-refractivity contribution in [3.63, 3.8) is 0 Å². The van der Waals surface area contributed by atoms with Gasteiger partial charge >= 0.3 is 5.97 Å². The highest BCUT2D eigenvalue weighted by Crippen LogP contribution is 2.32. The lowest BCUT2D eigenvalue weighted by Crippen LogP contribution is -2.13. The van der Waals surface area contributed by atoms with E-state index in [9.17, 15) is 4.79 Å². The van der Waals surface area contributed by atoms with Gasteiger partial charge in [0, 0.05) is 6.54 Å². The van der Waals surface area contributed by atoms with E-state index >= 15 is 0 Å². The summed E-state index contributed by atoms with van der Waals surface area (Å²) >= 11 is 1.19. The molecule has 2 heterocycles. The van der Waals surface area contributed by atoms with E-state index in [0.29, 0.717) is 15.5 Å². The first kappa shape index (κ1) is 13.7. The van der Waals surface area contributed by atoms with E-state index < -0.39 is 5.97 Å². The predicted octanol–water partition coefficient (Wildman–Crippen LogP) is 1.72. The Morgan fingerprint density at radius 1 is 1.42 bits per heavy atom. The van der Waals surface area contributed by atoms with Gasteiger partial charge in [-0.2, -0.15) is 0 Å². The summed E-state index contributed by atoms with van der Waals surface area (Å²) in [7, 11) is 1.91. The van der Waals surface area contributed by atoms with Crippen molar-refractivity contribution in [3.8, 4) is 0 Å². The van der Waals surface area contributed by atoms with E-state index in [0.717, 1.165) is 30.5 Å². The Labute approximate surface area is 114 Å². The summed E-state index contributed by atoms with van der Waals surface area (Å²) in [5.74, 6) is -0.205. The first-order chi connectivity index (χ1) is 9.15. The van der Waals surface area contributed by atoms with Crippen molar-refractivity contribution in [2.75, 3.05) is 25.5 Å². The topological polar surface area (TPSA) is 87.1 Å². The molecule has 0 aliphatic rings. The van der Waals surface area contributed by atoms with Crippen molar-refractivity contribution >= 4 is 33.3 Å². The molecule has 2 aromatic heterocycles. The van der Waals surface area contributed by atoms with Crippen LogP contribution in [0.3, 0.4) is 0 Å². The van der Waals surface area contributed by atoms with Crippen LogP contribution in [0, 0.1) is 6.92 Å². The third kappa shape index (κ3) is 2.82. The Balaban J connectivity index is 2.31. The molecule has 102 valence electrons. The van der Waals surface area contributed by atoms with Crippen molar-refractivity contribution < 1.29 is 9.90 Å². The first-order valence-electron chi connectivity index (χ1n) is 6.01. The fraction of sp³-hybridized carbons (Fsp3) is 0.417. The van der Waals surface area contributed by atoms with Crippen molar-refractivity contribution in [1.82, 2.24) is 15.3 Å². The molecule has 2 aromatic rings. The van der Waals surface area contributed by atoms with Crippen LogP contribution in [-0.4, -0.2) is 41.2 Å². The standard InChI is InChI=1S/C12H16N4O2S/c1-7-8-10(14-5-3-4-13-2)15-6-16-11(8)19-9(7)12(17)18/h6,13H,3-5H2,1-2H3,(H,17,18)(H,14,15,16). The van der Waals surface area contributed by atoms with Crippen LogP contribution in [0.1, 0.15) is 21.7 Å². The van der Waals surface area contributed by atoms with Gasteiger partial charge in [0.25, 0.3) is 0 Å². The predicted molar refractivity (Wildman–Crippen MR) is 76.1 cm³/mol. The zero-order valence-electron chi connectivity index (χ0n) is 10.9. The quantitative estimate of drug-likeness (QED) is 0.698. The smallest absolute Gasteiger partial charge is 0.346 e. The number of thiophene rings is 1. The van der Waals surface area contributed by atoms with Gasteiger partial charge in [-0.25, -0.2) is 14.8 Å². The third-order valence-corrected chi connectivity index (χ3v) is 4.00. The van der Waals surface area contributed by atoms with Gasteiger partial charge in [0.2, 0.25) is 0 Å². The van der Waals surface area contributed by atoms with Gasteiger partial charge < -0.3 is 15.7 Å². The lowest BCUT2D eigenvalue weighted by Gasteiger charge is -2.06. The molecule has 0 aromatic carbocycles. The van der Waals surface area contributed by atoms with Gasteiger partial charge in [-0.1, -0.05) is 0 Å². The second kappa shape index (κ2) is 5.94. The van der Waals surface area contributed by atoms with E-state index in [2.05, 4.69) is 20.6 Å². The van der Waals surface area contributed by atoms with Gasteiger partial charge in [-0.15, -0.1) is 11.3 Å². The van der Waals surface area contributed by atoms with Crippen LogP contribution >= 0.6 is 11.3 Å². The molecule has 0 unspecified atom stereocenters. The molecule has 0 bridgehead atoms. The number of fused-ring (bicyclic) bond motifs is 1. The average molecular weight is 280 g/mol. The maximum atomic E-state index is 11.1. The molecule has 0 aliphatic carbocycles. The molecular formula is C12H16N4O2S. The van der Waals surface area contributed by atoms with Gasteiger partial charge in [0.15, 0.2) is 0 Å². The maximum absolute atomic E-state index is 11.1. The maximum Gasteiger partial charge on any atom is 0.346 e. The van der Waals surface area contributed by atoms with Gasteiger partial charge in [-0.05, 0) is 32.5 Å². The molecule has 7 heteroatoms. The first-order valence-corrected chi connectivity index (χ1v) is 6.82. The largest absolute Gasteiger partial charge is 0.477 e. The molecule has 0 amide bonds. The number of nitrogens with zero attached hydrogens (tertiary/aromatic N) is 2. The van der Waals surface area contributed by atoms with Crippen molar-refractivity contribution in [2.24, 2.45) is 0 Å². The highest BCUT2D eigenvalue weighted by Gasteiger charge is 2.18. The molecule has 0 aliphatic heterocycles. The van der Waals surface area contributed by atoms with E-state index in [-0.39, 0.29) is 0 Å². The second-order valence-corrected chi connectivity index (χ2v) is 5.15. The van der Waals surface area contributed by atoms with Crippen molar-refractivity contribution in [2.45, 2.75) is 13.3 Å². The number of nitrogens with one attached hydrogen (secondary N) is 2. The summed E-state index contributed by atoms with van der Waals surface area (Å²) in [6.45, 7) is 3.50. The van der Waals surface area contributed by atoms with Crippen molar-refractivity contribution in [3.05, 3.63) is 16.8 Å². The van der Waals surface area contributed by atoms with Crippen LogP contribution in [0.2, 0.25) is 0 Å². The molecule has 0 saturated carbocycles. The summed E-state index contributed by atoms with van der Waals surface area (Å²) < 4.78 is 0. The Kier molecular flexibility index (Phi) is 4.28. The molecule has 6 nitrogen and oxygen atoms in total. The molecule has 0 radical (unpaired) electrons. The number of carbonyl (C=O) groups is 1. The number of aryl methyl sites for hydroxylation is 1. The number of rotatable bonds is 6. The molecule has 0 spiro atoms. The van der Waals surface area contributed by atoms with E-state index in [1.165, 1.54) is 17.7 Å². The Bertz CT molecular complexity index is 597. The fourth-order valence-corrected chi connectivity index (χ4v) is 2.87. The normalized spacial score (nSPS) is 10.8. The zero-order chi connectivity index (χ0) is 13.8. The van der Waals surface area contributed by atoms with Crippen LogP contribution in [0.5, 0.6) is 0 Å². The van der Waals surface area contributed by atoms with Crippen molar-refractivity contribution in [1.29, 1.82) is 0 Å². The molecule has 3 N–H and O–H groups in total. The zero-order valence-corrected chi connectivity index (χ0v) is 11.7. The summed E-state index contributed by atoms with van der Waals surface area (Å²) in [5, 5.41) is 16.3. The summed E-state index contributed by atoms with van der Waals surface area (Å²) in [4.78, 5) is 20.5. The number of carboxylic acid groups (broad SMARTS) is 1. The van der Waals surface area contributed by atoms with Crippen LogP contribution in [-0.2, 0) is 0 Å². The number of carboxylic acids is 1. The number of aromatic nitrogens is 2. The number of aromatic carboxylic acids is 1. The molecule has 2 rings (SSSR count). The van der Waals surface area contributed by atoms with Gasteiger partial charge in [-0.3, -0.25) is 0 Å². The van der Waals surface area contributed by atoms with Crippen LogP contribution < -0.4 is 10.6 Å². The molecule has 0 saturated heterocycles. The Morgan fingerprint density at radius 3 is 2.89 bits per heavy atom. The monoisotopic (exact) mass is 280 g/mol. The van der Waals surface area contributed by atoms with Crippen LogP contribution in [0.4, 0.5) is 5.82 Å². The lowest BCUT2D eigenvalue weighted by molar-refractivity contribution is 0.0701. The Morgan fingerprint density at radius 2 is 2.21 bits per heavy atom.